The first-order valence-corrected chi connectivity index (χ1v) is 7.52. The minimum atomic E-state index is -2.27. The predicted molar refractivity (Wildman–Crippen MR) is 85.6 cm³/mol. The summed E-state index contributed by atoms with van der Waals surface area (Å²) in [5, 5.41) is 30.1. The number of ketones is 1. The molecule has 0 aliphatic carbocycles. The molecule has 0 unspecified atom stereocenters. The molecule has 2 aromatic rings. The molecule has 4 atom stereocenters. The average Bonchev–Trinajstić information content (AvgIpc) is 2.87. The summed E-state index contributed by atoms with van der Waals surface area (Å²) in [6, 6.07) is 9.12. The zero-order valence-corrected chi connectivity index (χ0v) is 13.0. The van der Waals surface area contributed by atoms with Gasteiger partial charge in [0.1, 0.15) is 24.1 Å². The Kier molecular flexibility index (Phi) is 4.39. The molecule has 0 amide bonds. The second-order valence-electron chi connectivity index (χ2n) is 5.67. The summed E-state index contributed by atoms with van der Waals surface area (Å²) in [5.41, 5.74) is 2.41. The number of benzene rings is 1. The molecule has 1 fully saturated rings. The largest absolute Gasteiger partial charge is 0.394 e. The van der Waals surface area contributed by atoms with Crippen LogP contribution in [0.25, 0.3) is 0 Å². The highest BCUT2D eigenvalue weighted by atomic mass is 16.6. The first kappa shape index (κ1) is 17.2. The summed E-state index contributed by atoms with van der Waals surface area (Å²) < 4.78 is 6.31. The van der Waals surface area contributed by atoms with Crippen LogP contribution in [0.2, 0.25) is 0 Å². The van der Waals surface area contributed by atoms with E-state index >= 15 is 0 Å². The van der Waals surface area contributed by atoms with Gasteiger partial charge in [-0.25, -0.2) is 4.79 Å². The van der Waals surface area contributed by atoms with Crippen molar-refractivity contribution in [3.05, 3.63) is 58.6 Å². The lowest BCUT2D eigenvalue weighted by Gasteiger charge is -2.32. The Morgan fingerprint density at radius 1 is 1.28 bits per heavy atom. The number of Topliss-reactive ketones (excluding diaryl/α,β-unsaturated/α-hetero) is 1. The van der Waals surface area contributed by atoms with Crippen molar-refractivity contribution in [3.63, 3.8) is 0 Å². The van der Waals surface area contributed by atoms with Crippen LogP contribution in [-0.2, 0) is 10.5 Å². The summed E-state index contributed by atoms with van der Waals surface area (Å²) in [6.07, 6.45) is -3.49. The number of aliphatic hydroxyl groups excluding tert-OH is 3. The summed E-state index contributed by atoms with van der Waals surface area (Å²) in [5.74, 6) is -0.834. The summed E-state index contributed by atoms with van der Waals surface area (Å²) in [6.45, 7) is -0.654. The van der Waals surface area contributed by atoms with E-state index < -0.39 is 42.1 Å². The molecule has 1 saturated heterocycles. The Morgan fingerprint density at radius 3 is 2.52 bits per heavy atom. The van der Waals surface area contributed by atoms with Gasteiger partial charge in [0.25, 0.3) is 0 Å². The minimum Gasteiger partial charge on any atom is -0.394 e. The molecule has 5 N–H and O–H groups in total. The number of carbonyl (C=O) groups excluding carboxylic acids is 1. The van der Waals surface area contributed by atoms with Crippen molar-refractivity contribution in [3.8, 4) is 0 Å². The first-order chi connectivity index (χ1) is 11.9. The highest BCUT2D eigenvalue weighted by molar-refractivity contribution is 6.01. The molecule has 0 spiro atoms. The molecule has 1 aromatic heterocycles. The normalized spacial score (nSPS) is 28.8. The first-order valence-electron chi connectivity index (χ1n) is 7.52. The van der Waals surface area contributed by atoms with E-state index in [2.05, 4.69) is 4.98 Å². The number of rotatable bonds is 4. The van der Waals surface area contributed by atoms with Gasteiger partial charge >= 0.3 is 5.69 Å². The highest BCUT2D eigenvalue weighted by Crippen LogP contribution is 2.37. The van der Waals surface area contributed by atoms with Gasteiger partial charge in [0, 0.05) is 11.8 Å². The third-order valence-electron chi connectivity index (χ3n) is 4.16. The molecule has 9 nitrogen and oxygen atoms in total. The molecule has 0 radical (unpaired) electrons. The fraction of sp³-hybridized carbons (Fsp3) is 0.312. The Bertz CT molecular complexity index is 839. The molecule has 0 saturated carbocycles. The quantitative estimate of drug-likeness (QED) is 0.487. The molecule has 1 aliphatic heterocycles. The van der Waals surface area contributed by atoms with Gasteiger partial charge in [-0.15, -0.1) is 0 Å². The second kappa shape index (κ2) is 6.37. The van der Waals surface area contributed by atoms with E-state index in [0.717, 1.165) is 10.8 Å². The van der Waals surface area contributed by atoms with Crippen LogP contribution in [0, 0.1) is 0 Å². The number of hydrogen-bond donors (Lipinski definition) is 4. The predicted octanol–water partition coefficient (Wildman–Crippen LogP) is -1.53. The van der Waals surface area contributed by atoms with Crippen LogP contribution in [0.5, 0.6) is 0 Å². The summed E-state index contributed by atoms with van der Waals surface area (Å²) >= 11 is 0. The number of hydrogen-bond acceptors (Lipinski definition) is 8. The van der Waals surface area contributed by atoms with Crippen molar-refractivity contribution in [1.82, 2.24) is 9.55 Å². The smallest absolute Gasteiger partial charge is 0.352 e. The Balaban J connectivity index is 2.23. The molecule has 0 bridgehead atoms. The van der Waals surface area contributed by atoms with Crippen LogP contribution in [0.4, 0.5) is 5.82 Å². The van der Waals surface area contributed by atoms with Gasteiger partial charge in [-0.05, 0) is 6.07 Å². The maximum Gasteiger partial charge on any atom is 0.352 e. The standard InChI is InChI=1S/C16H17N3O6/c17-11-6-7-19(15(24)18-11)16(13(22)9-4-2-1-3-5-9)14(23)12(21)10(8-20)25-16/h1-7,10,12,14,20-21,23H,8H2,(H2,17,18,24)/t10-,12-,14-,16-/m1/s1. The molecule has 9 heteroatoms. The molecule has 1 aliphatic rings. The van der Waals surface area contributed by atoms with E-state index in [9.17, 15) is 24.9 Å². The van der Waals surface area contributed by atoms with Crippen LogP contribution in [-0.4, -0.2) is 55.6 Å². The van der Waals surface area contributed by atoms with Crippen molar-refractivity contribution < 1.29 is 24.9 Å². The Labute approximate surface area is 141 Å². The lowest BCUT2D eigenvalue weighted by atomic mass is 9.93. The fourth-order valence-electron chi connectivity index (χ4n) is 2.91. The molecule has 25 heavy (non-hydrogen) atoms. The molecule has 3 rings (SSSR count). The van der Waals surface area contributed by atoms with Gasteiger partial charge in [0.05, 0.1) is 6.61 Å². The van der Waals surface area contributed by atoms with Gasteiger partial charge in [0.15, 0.2) is 0 Å². The van der Waals surface area contributed by atoms with E-state index in [1.165, 1.54) is 18.2 Å². The lowest BCUT2D eigenvalue weighted by Crippen LogP contribution is -2.56. The maximum absolute atomic E-state index is 13.1. The zero-order chi connectivity index (χ0) is 18.2. The van der Waals surface area contributed by atoms with E-state index in [-0.39, 0.29) is 11.4 Å². The van der Waals surface area contributed by atoms with E-state index in [4.69, 9.17) is 10.5 Å². The number of nitrogens with zero attached hydrogens (tertiary/aromatic N) is 2. The molecular weight excluding hydrogens is 330 g/mol. The number of nitrogens with two attached hydrogens (primary N) is 1. The third kappa shape index (κ3) is 2.63. The third-order valence-corrected chi connectivity index (χ3v) is 4.16. The van der Waals surface area contributed by atoms with E-state index in [1.807, 2.05) is 0 Å². The van der Waals surface area contributed by atoms with Crippen molar-refractivity contribution in [1.29, 1.82) is 0 Å². The average molecular weight is 347 g/mol. The van der Waals surface area contributed by atoms with Crippen molar-refractivity contribution in [2.45, 2.75) is 24.0 Å². The number of aliphatic hydroxyl groups is 3. The van der Waals surface area contributed by atoms with Gasteiger partial charge in [-0.3, -0.25) is 9.36 Å². The monoisotopic (exact) mass is 347 g/mol. The topological polar surface area (TPSA) is 148 Å². The Hall–Kier alpha value is -2.59. The van der Waals surface area contributed by atoms with E-state index in [0.29, 0.717) is 0 Å². The molecular formula is C16H17N3O6. The van der Waals surface area contributed by atoms with Gasteiger partial charge in [-0.2, -0.15) is 4.98 Å². The van der Waals surface area contributed by atoms with Crippen LogP contribution in [0.15, 0.2) is 47.4 Å². The molecule has 2 heterocycles. The molecule has 132 valence electrons. The van der Waals surface area contributed by atoms with Crippen molar-refractivity contribution >= 4 is 11.6 Å². The number of ether oxygens (including phenoxy) is 1. The van der Waals surface area contributed by atoms with Crippen LogP contribution in [0.1, 0.15) is 10.4 Å². The minimum absolute atomic E-state index is 0.0738. The number of anilines is 1. The zero-order valence-electron chi connectivity index (χ0n) is 13.0. The second-order valence-corrected chi connectivity index (χ2v) is 5.67. The summed E-state index contributed by atoms with van der Waals surface area (Å²) in [4.78, 5) is 29.0. The van der Waals surface area contributed by atoms with Crippen molar-refractivity contribution in [2.24, 2.45) is 0 Å². The van der Waals surface area contributed by atoms with Gasteiger partial charge in [-0.1, -0.05) is 30.3 Å². The number of nitrogen functional groups attached to an aromatic ring is 1. The Morgan fingerprint density at radius 2 is 1.96 bits per heavy atom. The van der Waals surface area contributed by atoms with E-state index in [1.54, 1.807) is 18.2 Å². The van der Waals surface area contributed by atoms with Crippen LogP contribution in [0.3, 0.4) is 0 Å². The number of aromatic nitrogens is 2. The van der Waals surface area contributed by atoms with Crippen LogP contribution < -0.4 is 11.4 Å². The van der Waals surface area contributed by atoms with Gasteiger partial charge < -0.3 is 25.8 Å². The SMILES string of the molecule is Nc1ccn([C@]2(C(=O)c3ccccc3)O[C@H](CO)[C@@H](O)[C@H]2O)c(=O)n1. The lowest BCUT2D eigenvalue weighted by molar-refractivity contribution is -0.117. The number of carbonyl (C=O) groups is 1. The summed E-state index contributed by atoms with van der Waals surface area (Å²) in [7, 11) is 0. The maximum atomic E-state index is 13.1. The highest BCUT2D eigenvalue weighted by Gasteiger charge is 2.60. The van der Waals surface area contributed by atoms with Gasteiger partial charge in [0.2, 0.25) is 11.5 Å². The van der Waals surface area contributed by atoms with Crippen molar-refractivity contribution in [2.75, 3.05) is 12.3 Å². The molecule has 1 aromatic carbocycles. The van der Waals surface area contributed by atoms with Crippen LogP contribution >= 0.6 is 0 Å². The fourth-order valence-corrected chi connectivity index (χ4v) is 2.91.